The first-order chi connectivity index (χ1) is 8.46. The van der Waals surface area contributed by atoms with Crippen molar-refractivity contribution in [2.75, 3.05) is 12.3 Å². The van der Waals surface area contributed by atoms with Gasteiger partial charge in [-0.05, 0) is 37.5 Å². The fraction of sp³-hybridized carbons (Fsp3) is 0.500. The fourth-order valence-corrected chi connectivity index (χ4v) is 3.71. The first kappa shape index (κ1) is 13.3. The van der Waals surface area contributed by atoms with E-state index in [9.17, 15) is 12.8 Å². The second-order valence-corrected chi connectivity index (χ2v) is 6.42. The van der Waals surface area contributed by atoms with E-state index in [0.717, 1.165) is 25.3 Å². The Morgan fingerprint density at radius 3 is 2.61 bits per heavy atom. The zero-order valence-electron chi connectivity index (χ0n) is 10.3. The Hall–Kier alpha value is -1.14. The Bertz CT molecular complexity index is 541. The molecule has 0 saturated heterocycles. The van der Waals surface area contributed by atoms with Gasteiger partial charge in [0.05, 0.1) is 10.6 Å². The van der Waals surface area contributed by atoms with Gasteiger partial charge in [-0.2, -0.15) is 4.31 Å². The minimum atomic E-state index is -3.55. The van der Waals surface area contributed by atoms with Crippen LogP contribution >= 0.6 is 0 Å². The van der Waals surface area contributed by atoms with Crippen LogP contribution in [0.15, 0.2) is 23.1 Å². The standard InChI is InChI=1S/C12H17FN2O2S/c1-2-7-15(9-3-4-9)18(16,17)10-5-6-11(13)12(14)8-10/h5-6,8-9H,2-4,7,14H2,1H3. The maximum atomic E-state index is 13.1. The lowest BCUT2D eigenvalue weighted by atomic mass is 10.3. The molecule has 0 bridgehead atoms. The molecule has 0 aromatic heterocycles. The van der Waals surface area contributed by atoms with Crippen molar-refractivity contribution in [3.8, 4) is 0 Å². The predicted molar refractivity (Wildman–Crippen MR) is 68.0 cm³/mol. The van der Waals surface area contributed by atoms with Crippen molar-refractivity contribution in [1.82, 2.24) is 4.31 Å². The summed E-state index contributed by atoms with van der Waals surface area (Å²) in [5.74, 6) is -0.595. The van der Waals surface area contributed by atoms with Crippen LogP contribution in [0.3, 0.4) is 0 Å². The van der Waals surface area contributed by atoms with Gasteiger partial charge in [0.2, 0.25) is 10.0 Å². The van der Waals surface area contributed by atoms with Gasteiger partial charge in [-0.3, -0.25) is 0 Å². The van der Waals surface area contributed by atoms with Gasteiger partial charge in [-0.1, -0.05) is 6.92 Å². The minimum Gasteiger partial charge on any atom is -0.396 e. The van der Waals surface area contributed by atoms with Gasteiger partial charge in [-0.25, -0.2) is 12.8 Å². The summed E-state index contributed by atoms with van der Waals surface area (Å²) in [5.41, 5.74) is 5.29. The summed E-state index contributed by atoms with van der Waals surface area (Å²) in [7, 11) is -3.55. The SMILES string of the molecule is CCCN(C1CC1)S(=O)(=O)c1ccc(F)c(N)c1. The van der Waals surface area contributed by atoms with Gasteiger partial charge in [0, 0.05) is 12.6 Å². The fourth-order valence-electron chi connectivity index (χ4n) is 1.90. The lowest BCUT2D eigenvalue weighted by Gasteiger charge is -2.21. The molecule has 1 saturated carbocycles. The molecule has 2 rings (SSSR count). The summed E-state index contributed by atoms with van der Waals surface area (Å²) < 4.78 is 39.4. The number of rotatable bonds is 5. The van der Waals surface area contributed by atoms with E-state index in [1.165, 1.54) is 16.4 Å². The van der Waals surface area contributed by atoms with Gasteiger partial charge in [0.1, 0.15) is 5.82 Å². The number of halogens is 1. The maximum absolute atomic E-state index is 13.1. The highest BCUT2D eigenvalue weighted by atomic mass is 32.2. The lowest BCUT2D eigenvalue weighted by molar-refractivity contribution is 0.403. The Kier molecular flexibility index (Phi) is 3.59. The van der Waals surface area contributed by atoms with E-state index in [4.69, 9.17) is 5.73 Å². The summed E-state index contributed by atoms with van der Waals surface area (Å²) in [6.07, 6.45) is 2.55. The average Bonchev–Trinajstić information content (AvgIpc) is 3.13. The van der Waals surface area contributed by atoms with E-state index in [0.29, 0.717) is 6.54 Å². The van der Waals surface area contributed by atoms with Gasteiger partial charge >= 0.3 is 0 Å². The molecule has 0 amide bonds. The molecular weight excluding hydrogens is 255 g/mol. The second-order valence-electron chi connectivity index (χ2n) is 4.53. The van der Waals surface area contributed by atoms with Crippen molar-refractivity contribution in [2.24, 2.45) is 0 Å². The van der Waals surface area contributed by atoms with Gasteiger partial charge in [0.25, 0.3) is 0 Å². The van der Waals surface area contributed by atoms with Crippen LogP contribution in [0.2, 0.25) is 0 Å². The molecule has 4 nitrogen and oxygen atoms in total. The highest BCUT2D eigenvalue weighted by molar-refractivity contribution is 7.89. The van der Waals surface area contributed by atoms with Gasteiger partial charge in [0.15, 0.2) is 0 Å². The summed E-state index contributed by atoms with van der Waals surface area (Å²) in [4.78, 5) is 0.0711. The van der Waals surface area contributed by atoms with Crippen LogP contribution in [0, 0.1) is 5.82 Å². The largest absolute Gasteiger partial charge is 0.396 e. The summed E-state index contributed by atoms with van der Waals surface area (Å²) >= 11 is 0. The molecule has 1 aliphatic carbocycles. The highest BCUT2D eigenvalue weighted by Crippen LogP contribution is 2.32. The first-order valence-corrected chi connectivity index (χ1v) is 7.47. The molecule has 0 atom stereocenters. The van der Waals surface area contributed by atoms with E-state index < -0.39 is 15.8 Å². The number of nitrogen functional groups attached to an aromatic ring is 1. The molecule has 1 aromatic rings. The number of benzene rings is 1. The van der Waals surface area contributed by atoms with Crippen molar-refractivity contribution >= 4 is 15.7 Å². The quantitative estimate of drug-likeness (QED) is 0.833. The van der Waals surface area contributed by atoms with Crippen molar-refractivity contribution in [1.29, 1.82) is 0 Å². The molecular formula is C12H17FN2O2S. The Morgan fingerprint density at radius 1 is 1.44 bits per heavy atom. The van der Waals surface area contributed by atoms with E-state index in [1.54, 1.807) is 0 Å². The molecule has 1 aromatic carbocycles. The predicted octanol–water partition coefficient (Wildman–Crippen LogP) is 1.97. The smallest absolute Gasteiger partial charge is 0.243 e. The minimum absolute atomic E-state index is 0.0711. The maximum Gasteiger partial charge on any atom is 0.243 e. The number of anilines is 1. The molecule has 0 unspecified atom stereocenters. The Balaban J connectivity index is 2.36. The monoisotopic (exact) mass is 272 g/mol. The van der Waals surface area contributed by atoms with Gasteiger partial charge in [-0.15, -0.1) is 0 Å². The molecule has 2 N–H and O–H groups in total. The van der Waals surface area contributed by atoms with Gasteiger partial charge < -0.3 is 5.73 Å². The average molecular weight is 272 g/mol. The molecule has 0 aliphatic heterocycles. The Morgan fingerprint density at radius 2 is 2.11 bits per heavy atom. The van der Waals surface area contributed by atoms with Crippen LogP contribution in [0.1, 0.15) is 26.2 Å². The zero-order chi connectivity index (χ0) is 13.3. The molecule has 1 aliphatic rings. The number of sulfonamides is 1. The summed E-state index contributed by atoms with van der Waals surface area (Å²) in [6.45, 7) is 2.42. The number of nitrogens with two attached hydrogens (primary N) is 1. The van der Waals surface area contributed by atoms with Crippen molar-refractivity contribution in [2.45, 2.75) is 37.1 Å². The summed E-state index contributed by atoms with van der Waals surface area (Å²) in [6, 6.07) is 3.65. The Labute approximate surface area is 107 Å². The van der Waals surface area contributed by atoms with Crippen molar-refractivity contribution in [3.05, 3.63) is 24.0 Å². The number of nitrogens with zero attached hydrogens (tertiary/aromatic N) is 1. The number of hydrogen-bond donors (Lipinski definition) is 1. The molecule has 0 heterocycles. The van der Waals surface area contributed by atoms with Crippen LogP contribution in [0.25, 0.3) is 0 Å². The van der Waals surface area contributed by atoms with Crippen LogP contribution in [0.5, 0.6) is 0 Å². The molecule has 18 heavy (non-hydrogen) atoms. The third-order valence-corrected chi connectivity index (χ3v) is 4.92. The van der Waals surface area contributed by atoms with E-state index >= 15 is 0 Å². The van der Waals surface area contributed by atoms with E-state index in [2.05, 4.69) is 0 Å². The molecule has 0 spiro atoms. The van der Waals surface area contributed by atoms with Crippen molar-refractivity contribution in [3.63, 3.8) is 0 Å². The third-order valence-electron chi connectivity index (χ3n) is 2.97. The van der Waals surface area contributed by atoms with Crippen LogP contribution < -0.4 is 5.73 Å². The molecule has 6 heteroatoms. The number of hydrogen-bond acceptors (Lipinski definition) is 3. The van der Waals surface area contributed by atoms with Crippen LogP contribution in [0.4, 0.5) is 10.1 Å². The van der Waals surface area contributed by atoms with E-state index in [-0.39, 0.29) is 16.6 Å². The molecule has 0 radical (unpaired) electrons. The van der Waals surface area contributed by atoms with Crippen molar-refractivity contribution < 1.29 is 12.8 Å². The first-order valence-electron chi connectivity index (χ1n) is 6.03. The molecule has 100 valence electrons. The normalized spacial score (nSPS) is 16.2. The summed E-state index contributed by atoms with van der Waals surface area (Å²) in [5, 5.41) is 0. The second kappa shape index (κ2) is 4.85. The van der Waals surface area contributed by atoms with E-state index in [1.807, 2.05) is 6.92 Å². The topological polar surface area (TPSA) is 63.4 Å². The van der Waals surface area contributed by atoms with Crippen LogP contribution in [-0.4, -0.2) is 25.3 Å². The lowest BCUT2D eigenvalue weighted by Crippen LogP contribution is -2.33. The third kappa shape index (κ3) is 2.49. The molecule has 1 fully saturated rings. The zero-order valence-corrected chi connectivity index (χ0v) is 11.1. The highest BCUT2D eigenvalue weighted by Gasteiger charge is 2.37. The van der Waals surface area contributed by atoms with Crippen LogP contribution in [-0.2, 0) is 10.0 Å².